The number of aromatic amines is 2. The summed E-state index contributed by atoms with van der Waals surface area (Å²) in [5.41, 5.74) is 5.39. The van der Waals surface area contributed by atoms with Crippen LogP contribution in [0, 0.1) is 11.8 Å². The zero-order valence-electron chi connectivity index (χ0n) is 32.3. The number of ether oxygens (including phenoxy) is 1. The van der Waals surface area contributed by atoms with Gasteiger partial charge < -0.3 is 39.6 Å². The molecule has 292 valence electrons. The van der Waals surface area contributed by atoms with Crippen LogP contribution in [0.2, 0.25) is 0 Å². The molecule has 0 radical (unpaired) electrons. The second kappa shape index (κ2) is 14.5. The number of amides is 4. The van der Waals surface area contributed by atoms with Crippen molar-refractivity contribution in [3.8, 4) is 11.6 Å². The van der Waals surface area contributed by atoms with Gasteiger partial charge in [-0.2, -0.15) is 0 Å². The molecule has 16 nitrogen and oxygen atoms in total. The molecule has 56 heavy (non-hydrogen) atoms. The van der Waals surface area contributed by atoms with Crippen LogP contribution in [0.3, 0.4) is 0 Å². The fourth-order valence-electron chi connectivity index (χ4n) is 8.15. The van der Waals surface area contributed by atoms with Crippen LogP contribution in [0.15, 0.2) is 40.8 Å². The second-order valence-electron chi connectivity index (χ2n) is 15.5. The number of pyridine rings is 1. The number of carbonyl (C=O) groups excluding carboxylic acids is 4. The van der Waals surface area contributed by atoms with Gasteiger partial charge in [0.2, 0.25) is 23.6 Å². The summed E-state index contributed by atoms with van der Waals surface area (Å²) in [5, 5.41) is 6.38. The quantitative estimate of drug-likeness (QED) is 0.142. The molecular formula is C40H46N10O6. The number of nitrogens with one attached hydrogen (secondary N) is 4. The molecule has 16 heteroatoms. The first kappa shape index (κ1) is 36.9. The molecule has 0 spiro atoms. The number of alkyl carbamates (subject to hydrolysis) is 1. The Hall–Kier alpha value is -6.06. The fraction of sp³-hybridized carbons (Fsp3) is 0.450. The Labute approximate surface area is 322 Å². The first-order chi connectivity index (χ1) is 26.9. The third-order valence-corrected chi connectivity index (χ3v) is 11.0. The van der Waals surface area contributed by atoms with Gasteiger partial charge in [-0.25, -0.2) is 24.7 Å². The number of oxazole rings is 1. The topological polar surface area (TPSA) is 204 Å². The third kappa shape index (κ3) is 6.56. The first-order valence-electron chi connectivity index (χ1n) is 19.2. The summed E-state index contributed by atoms with van der Waals surface area (Å²) < 4.78 is 11.1. The summed E-state index contributed by atoms with van der Waals surface area (Å²) in [5.74, 6) is 0.982. The molecule has 4 atom stereocenters. The van der Waals surface area contributed by atoms with Gasteiger partial charge in [0, 0.05) is 25.4 Å². The summed E-state index contributed by atoms with van der Waals surface area (Å²) in [7, 11) is 1.28. The van der Waals surface area contributed by atoms with E-state index in [1.165, 1.54) is 14.0 Å². The molecule has 8 rings (SSSR count). The Bertz CT molecular complexity index is 2500. The number of hydrogen-bond donors (Lipinski definition) is 4. The van der Waals surface area contributed by atoms with E-state index < -0.39 is 18.2 Å². The number of nitrogens with zero attached hydrogens (tertiary/aromatic N) is 6. The fourth-order valence-corrected chi connectivity index (χ4v) is 8.15. The smallest absolute Gasteiger partial charge is 0.407 e. The van der Waals surface area contributed by atoms with Crippen molar-refractivity contribution in [1.29, 1.82) is 0 Å². The number of likely N-dealkylation sites (tertiary alicyclic amines) is 2. The predicted molar refractivity (Wildman–Crippen MR) is 208 cm³/mol. The van der Waals surface area contributed by atoms with Gasteiger partial charge in [0.15, 0.2) is 5.58 Å². The van der Waals surface area contributed by atoms with Crippen molar-refractivity contribution in [1.82, 2.24) is 50.3 Å². The Balaban J connectivity index is 1.07. The van der Waals surface area contributed by atoms with Crippen LogP contribution in [0.25, 0.3) is 55.7 Å². The molecule has 2 aliphatic heterocycles. The Morgan fingerprint density at radius 1 is 0.732 bits per heavy atom. The lowest BCUT2D eigenvalue weighted by atomic mass is 10.0. The lowest BCUT2D eigenvalue weighted by Crippen LogP contribution is -2.51. The molecule has 4 amide bonds. The molecule has 0 unspecified atom stereocenters. The summed E-state index contributed by atoms with van der Waals surface area (Å²) in [6, 6.07) is 9.52. The van der Waals surface area contributed by atoms with Gasteiger partial charge in [0.05, 0.1) is 41.3 Å². The van der Waals surface area contributed by atoms with E-state index in [1.54, 1.807) is 4.90 Å². The van der Waals surface area contributed by atoms with Gasteiger partial charge in [0.25, 0.3) is 0 Å². The van der Waals surface area contributed by atoms with E-state index in [0.29, 0.717) is 64.0 Å². The second-order valence-corrected chi connectivity index (χ2v) is 15.5. The molecule has 6 heterocycles. The molecule has 4 N–H and O–H groups in total. The first-order valence-corrected chi connectivity index (χ1v) is 19.2. The average Bonchev–Trinajstić information content (AvgIpc) is 4.02. The maximum atomic E-state index is 13.7. The highest BCUT2D eigenvalue weighted by Gasteiger charge is 2.39. The number of methoxy groups -OCH3 is 1. The maximum absolute atomic E-state index is 13.7. The van der Waals surface area contributed by atoms with Crippen molar-refractivity contribution in [2.75, 3.05) is 20.2 Å². The van der Waals surface area contributed by atoms with Crippen molar-refractivity contribution in [2.45, 2.75) is 84.5 Å². The van der Waals surface area contributed by atoms with Crippen molar-refractivity contribution >= 4 is 67.9 Å². The Morgan fingerprint density at radius 2 is 1.29 bits per heavy atom. The van der Waals surface area contributed by atoms with Crippen molar-refractivity contribution < 1.29 is 28.3 Å². The van der Waals surface area contributed by atoms with Crippen LogP contribution < -0.4 is 10.6 Å². The largest absolute Gasteiger partial charge is 0.453 e. The molecule has 0 aliphatic carbocycles. The number of hydrogen-bond acceptors (Lipinski definition) is 10. The van der Waals surface area contributed by atoms with Crippen LogP contribution in [0.4, 0.5) is 4.79 Å². The molecule has 0 bridgehead atoms. The number of carbonyl (C=O) groups is 4. The minimum absolute atomic E-state index is 0.0655. The number of benzene rings is 2. The van der Waals surface area contributed by atoms with Crippen LogP contribution in [-0.4, -0.2) is 95.8 Å². The SMILES string of the molecule is COC(=O)N[C@H](C(=O)N1CCC[C@H]1c1nc2ccc3nc(-c4nc5ccc6nc([C@@H]7CCCN7C(=O)[C@@H](NC(C)=O)C(C)C)[nH]c6c5o4)ccc3c2[nH]1)C(C)C. The van der Waals surface area contributed by atoms with E-state index in [1.807, 2.05) is 69.0 Å². The van der Waals surface area contributed by atoms with Crippen LogP contribution in [0.1, 0.15) is 84.0 Å². The van der Waals surface area contributed by atoms with Gasteiger partial charge in [0.1, 0.15) is 40.5 Å². The van der Waals surface area contributed by atoms with E-state index in [4.69, 9.17) is 29.1 Å². The van der Waals surface area contributed by atoms with E-state index in [-0.39, 0.29) is 41.6 Å². The van der Waals surface area contributed by atoms with Crippen LogP contribution in [0.5, 0.6) is 0 Å². The van der Waals surface area contributed by atoms with E-state index in [2.05, 4.69) is 20.6 Å². The summed E-state index contributed by atoms with van der Waals surface area (Å²) in [6.45, 7) is 10.2. The minimum atomic E-state index is -0.720. The van der Waals surface area contributed by atoms with Crippen LogP contribution in [-0.2, 0) is 19.1 Å². The summed E-state index contributed by atoms with van der Waals surface area (Å²) in [6.07, 6.45) is 2.49. The van der Waals surface area contributed by atoms with Crippen molar-refractivity contribution in [3.63, 3.8) is 0 Å². The molecular weight excluding hydrogens is 717 g/mol. The molecule has 2 saturated heterocycles. The minimum Gasteiger partial charge on any atom is -0.453 e. The number of rotatable bonds is 9. The van der Waals surface area contributed by atoms with E-state index >= 15 is 0 Å². The average molecular weight is 763 g/mol. The zero-order chi connectivity index (χ0) is 39.4. The van der Waals surface area contributed by atoms with Crippen molar-refractivity contribution in [2.24, 2.45) is 11.8 Å². The third-order valence-electron chi connectivity index (χ3n) is 11.0. The van der Waals surface area contributed by atoms with Gasteiger partial charge in [-0.1, -0.05) is 27.7 Å². The van der Waals surface area contributed by atoms with Gasteiger partial charge in [-0.05, 0) is 73.9 Å². The van der Waals surface area contributed by atoms with Crippen molar-refractivity contribution in [3.05, 3.63) is 48.0 Å². The number of fused-ring (bicyclic) bond motifs is 6. The Kier molecular flexibility index (Phi) is 9.58. The molecule has 2 aromatic carbocycles. The van der Waals surface area contributed by atoms with Gasteiger partial charge in [-0.3, -0.25) is 14.4 Å². The zero-order valence-corrected chi connectivity index (χ0v) is 32.3. The number of aromatic nitrogens is 6. The molecule has 2 fully saturated rings. The Morgan fingerprint density at radius 3 is 1.88 bits per heavy atom. The molecule has 6 aromatic rings. The monoisotopic (exact) mass is 762 g/mol. The van der Waals surface area contributed by atoms with E-state index in [9.17, 15) is 19.2 Å². The van der Waals surface area contributed by atoms with E-state index in [0.717, 1.165) is 42.1 Å². The number of imidazole rings is 2. The maximum Gasteiger partial charge on any atom is 0.407 e. The molecule has 4 aromatic heterocycles. The van der Waals surface area contributed by atoms with Crippen LogP contribution >= 0.6 is 0 Å². The van der Waals surface area contributed by atoms with Gasteiger partial charge >= 0.3 is 6.09 Å². The highest BCUT2D eigenvalue weighted by Crippen LogP contribution is 2.37. The lowest BCUT2D eigenvalue weighted by molar-refractivity contribution is -0.138. The predicted octanol–water partition coefficient (Wildman–Crippen LogP) is 5.66. The normalized spacial score (nSPS) is 18.5. The highest BCUT2D eigenvalue weighted by molar-refractivity contribution is 6.04. The summed E-state index contributed by atoms with van der Waals surface area (Å²) in [4.78, 5) is 81.3. The van der Waals surface area contributed by atoms with Gasteiger partial charge in [-0.15, -0.1) is 0 Å². The number of H-pyrrole nitrogens is 2. The molecule has 2 aliphatic rings. The summed E-state index contributed by atoms with van der Waals surface area (Å²) >= 11 is 0. The standard InChI is InChI=1S/C40H46N10O6/c1-19(2)30(41-21(5)51)38(52)49-17-8-10-29(49)36-44-25-15-16-26-34(33(25)47-36)56-37(45-26)27-12-11-22-23(42-27)13-14-24-32(22)46-35(43-24)28-9-7-18-50(28)39(53)31(20(3)4)48-40(54)55-6/h11-16,19-20,28-31H,7-10,17-18H2,1-6H3,(H,41,51)(H,43,46)(H,44,47)(H,48,54)/t28-,29-,30-,31-/m0/s1. The molecule has 0 saturated carbocycles. The lowest BCUT2D eigenvalue weighted by Gasteiger charge is -2.30. The highest BCUT2D eigenvalue weighted by atomic mass is 16.5.